The Kier molecular flexibility index (Phi) is 6.24. The van der Waals surface area contributed by atoms with Gasteiger partial charge >= 0.3 is 0 Å². The van der Waals surface area contributed by atoms with E-state index in [2.05, 4.69) is 5.32 Å². The number of para-hydroxylation sites is 1. The highest BCUT2D eigenvalue weighted by Crippen LogP contribution is 2.14. The van der Waals surface area contributed by atoms with Crippen molar-refractivity contribution in [3.8, 4) is 6.07 Å². The van der Waals surface area contributed by atoms with E-state index in [4.69, 9.17) is 5.26 Å². The summed E-state index contributed by atoms with van der Waals surface area (Å²) in [5.74, 6) is -0.795. The molecule has 0 radical (unpaired) electrons. The highest BCUT2D eigenvalue weighted by molar-refractivity contribution is 5.92. The summed E-state index contributed by atoms with van der Waals surface area (Å²) >= 11 is 0. The maximum Gasteiger partial charge on any atom is 0.226 e. The molecule has 0 saturated heterocycles. The molecule has 0 aliphatic carbocycles. The molecule has 2 aromatic rings. The minimum absolute atomic E-state index is 0.0978. The maximum absolute atomic E-state index is 12.9. The molecule has 0 unspecified atom stereocenters. The first-order valence-electron chi connectivity index (χ1n) is 7.78. The van der Waals surface area contributed by atoms with Crippen LogP contribution in [0.1, 0.15) is 24.5 Å². The molecule has 2 aromatic carbocycles. The second kappa shape index (κ2) is 8.60. The van der Waals surface area contributed by atoms with Gasteiger partial charge in [-0.05, 0) is 29.8 Å². The fraction of sp³-hybridized carbons (Fsp3) is 0.211. The van der Waals surface area contributed by atoms with Gasteiger partial charge in [0.15, 0.2) is 0 Å². The zero-order valence-electron chi connectivity index (χ0n) is 13.8. The monoisotopic (exact) mass is 339 g/mol. The van der Waals surface area contributed by atoms with E-state index in [1.807, 2.05) is 6.07 Å². The molecular weight excluding hydrogens is 321 g/mol. The zero-order valence-corrected chi connectivity index (χ0v) is 13.8. The number of nitrogens with zero attached hydrogens (tertiary/aromatic N) is 2. The van der Waals surface area contributed by atoms with Gasteiger partial charge in [-0.15, -0.1) is 0 Å². The lowest BCUT2D eigenvalue weighted by Gasteiger charge is -2.21. The molecule has 0 aliphatic heterocycles. The van der Waals surface area contributed by atoms with Crippen LogP contribution in [0.4, 0.5) is 10.1 Å². The molecule has 25 heavy (non-hydrogen) atoms. The predicted molar refractivity (Wildman–Crippen MR) is 91.9 cm³/mol. The molecule has 0 heterocycles. The van der Waals surface area contributed by atoms with E-state index in [1.165, 1.54) is 24.0 Å². The number of carbonyl (C=O) groups excluding carboxylic acids is 2. The van der Waals surface area contributed by atoms with Crippen LogP contribution in [0, 0.1) is 17.1 Å². The highest BCUT2D eigenvalue weighted by atomic mass is 19.1. The number of anilines is 1. The third kappa shape index (κ3) is 5.43. The van der Waals surface area contributed by atoms with Crippen LogP contribution < -0.4 is 5.32 Å². The van der Waals surface area contributed by atoms with Crippen LogP contribution in [0.15, 0.2) is 48.5 Å². The van der Waals surface area contributed by atoms with Gasteiger partial charge < -0.3 is 10.2 Å². The van der Waals surface area contributed by atoms with Gasteiger partial charge in [0.25, 0.3) is 0 Å². The van der Waals surface area contributed by atoms with Crippen LogP contribution >= 0.6 is 0 Å². The quantitative estimate of drug-likeness (QED) is 0.879. The molecular formula is C19H18FN3O2. The molecule has 0 saturated carbocycles. The van der Waals surface area contributed by atoms with Crippen molar-refractivity contribution in [3.05, 3.63) is 65.5 Å². The number of hydrogen-bond acceptors (Lipinski definition) is 3. The Morgan fingerprint density at radius 2 is 1.84 bits per heavy atom. The van der Waals surface area contributed by atoms with Crippen molar-refractivity contribution >= 4 is 17.5 Å². The summed E-state index contributed by atoms with van der Waals surface area (Å²) in [7, 11) is 0. The molecule has 1 N–H and O–H groups in total. The minimum atomic E-state index is -0.339. The van der Waals surface area contributed by atoms with Gasteiger partial charge in [-0.3, -0.25) is 9.59 Å². The van der Waals surface area contributed by atoms with Crippen LogP contribution in [0.5, 0.6) is 0 Å². The van der Waals surface area contributed by atoms with Gasteiger partial charge in [0, 0.05) is 26.4 Å². The Bertz CT molecular complexity index is 797. The molecule has 0 bridgehead atoms. The summed E-state index contributed by atoms with van der Waals surface area (Å²) in [4.78, 5) is 25.4. The van der Waals surface area contributed by atoms with E-state index in [-0.39, 0.29) is 30.6 Å². The lowest BCUT2D eigenvalue weighted by molar-refractivity contribution is -0.129. The topological polar surface area (TPSA) is 73.2 Å². The van der Waals surface area contributed by atoms with Crippen molar-refractivity contribution in [3.63, 3.8) is 0 Å². The number of nitrogens with one attached hydrogen (secondary N) is 1. The number of halogens is 1. The average Bonchev–Trinajstić information content (AvgIpc) is 2.60. The average molecular weight is 339 g/mol. The van der Waals surface area contributed by atoms with Crippen LogP contribution in [-0.2, 0) is 16.1 Å². The number of hydrogen-bond donors (Lipinski definition) is 1. The number of carbonyl (C=O) groups is 2. The van der Waals surface area contributed by atoms with E-state index in [1.54, 1.807) is 36.4 Å². The Hall–Kier alpha value is -3.20. The second-order valence-corrected chi connectivity index (χ2v) is 5.52. The van der Waals surface area contributed by atoms with E-state index in [9.17, 15) is 14.0 Å². The Morgan fingerprint density at radius 3 is 2.48 bits per heavy atom. The number of rotatable bonds is 6. The van der Waals surface area contributed by atoms with Crippen LogP contribution in [0.2, 0.25) is 0 Å². The Morgan fingerprint density at radius 1 is 1.16 bits per heavy atom. The first-order chi connectivity index (χ1) is 12.0. The summed E-state index contributed by atoms with van der Waals surface area (Å²) in [6.07, 6.45) is 0.0978. The summed E-state index contributed by atoms with van der Waals surface area (Å²) < 4.78 is 12.9. The number of nitriles is 1. The van der Waals surface area contributed by atoms with Gasteiger partial charge in [-0.25, -0.2) is 4.39 Å². The molecule has 5 nitrogen and oxygen atoms in total. The Balaban J connectivity index is 1.94. The van der Waals surface area contributed by atoms with Crippen molar-refractivity contribution in [2.45, 2.75) is 19.9 Å². The van der Waals surface area contributed by atoms with Crippen LogP contribution in [0.25, 0.3) is 0 Å². The predicted octanol–water partition coefficient (Wildman–Crippen LogP) is 3.07. The first kappa shape index (κ1) is 18.1. The summed E-state index contributed by atoms with van der Waals surface area (Å²) in [6.45, 7) is 1.96. The molecule has 128 valence electrons. The van der Waals surface area contributed by atoms with Gasteiger partial charge in [-0.2, -0.15) is 5.26 Å². The summed E-state index contributed by atoms with van der Waals surface area (Å²) in [5.41, 5.74) is 1.61. The normalized spacial score (nSPS) is 9.96. The number of benzene rings is 2. The second-order valence-electron chi connectivity index (χ2n) is 5.52. The van der Waals surface area contributed by atoms with Crippen LogP contribution in [0.3, 0.4) is 0 Å². The van der Waals surface area contributed by atoms with Crippen molar-refractivity contribution in [1.29, 1.82) is 5.26 Å². The summed E-state index contributed by atoms with van der Waals surface area (Å²) in [6, 6.07) is 14.6. The maximum atomic E-state index is 12.9. The van der Waals surface area contributed by atoms with Crippen molar-refractivity contribution in [2.24, 2.45) is 0 Å². The van der Waals surface area contributed by atoms with Gasteiger partial charge in [-0.1, -0.05) is 24.3 Å². The molecule has 0 spiro atoms. The van der Waals surface area contributed by atoms with Crippen LogP contribution in [-0.4, -0.2) is 23.3 Å². The van der Waals surface area contributed by atoms with Gasteiger partial charge in [0.2, 0.25) is 11.8 Å². The zero-order chi connectivity index (χ0) is 18.2. The molecule has 0 fully saturated rings. The molecule has 2 rings (SSSR count). The molecule has 2 amide bonds. The lowest BCUT2D eigenvalue weighted by Crippen LogP contribution is -2.31. The SMILES string of the molecule is CC(=O)N(CCC(=O)Nc1ccccc1C#N)Cc1ccc(F)cc1. The van der Waals surface area contributed by atoms with Crippen molar-refractivity contribution < 1.29 is 14.0 Å². The van der Waals surface area contributed by atoms with E-state index >= 15 is 0 Å². The van der Waals surface area contributed by atoms with Gasteiger partial charge in [0.05, 0.1) is 11.3 Å². The van der Waals surface area contributed by atoms with Crippen molar-refractivity contribution in [2.75, 3.05) is 11.9 Å². The Labute approximate surface area is 145 Å². The third-order valence-electron chi connectivity index (χ3n) is 3.66. The molecule has 0 aromatic heterocycles. The molecule has 0 atom stereocenters. The van der Waals surface area contributed by atoms with Crippen molar-refractivity contribution in [1.82, 2.24) is 4.90 Å². The highest BCUT2D eigenvalue weighted by Gasteiger charge is 2.13. The van der Waals surface area contributed by atoms with E-state index in [0.717, 1.165) is 5.56 Å². The minimum Gasteiger partial charge on any atom is -0.338 e. The smallest absolute Gasteiger partial charge is 0.226 e. The fourth-order valence-corrected chi connectivity index (χ4v) is 2.30. The van der Waals surface area contributed by atoms with E-state index < -0.39 is 0 Å². The van der Waals surface area contributed by atoms with E-state index in [0.29, 0.717) is 17.8 Å². The first-order valence-corrected chi connectivity index (χ1v) is 7.78. The molecule has 0 aliphatic rings. The lowest BCUT2D eigenvalue weighted by atomic mass is 10.2. The molecule has 6 heteroatoms. The third-order valence-corrected chi connectivity index (χ3v) is 3.66. The number of amides is 2. The fourth-order valence-electron chi connectivity index (χ4n) is 2.30. The summed E-state index contributed by atoms with van der Waals surface area (Å²) in [5, 5.41) is 11.7. The standard InChI is InChI=1S/C19H18FN3O2/c1-14(24)23(13-15-6-8-17(20)9-7-15)11-10-19(25)22-18-5-3-2-4-16(18)12-21/h2-9H,10-11,13H2,1H3,(H,22,25). The van der Waals surface area contributed by atoms with Gasteiger partial charge in [0.1, 0.15) is 11.9 Å². The largest absolute Gasteiger partial charge is 0.338 e.